The van der Waals surface area contributed by atoms with Crippen molar-refractivity contribution < 1.29 is 4.42 Å². The van der Waals surface area contributed by atoms with Gasteiger partial charge in [0.15, 0.2) is 0 Å². The molecule has 0 aliphatic rings. The van der Waals surface area contributed by atoms with Crippen molar-refractivity contribution in [2.75, 3.05) is 0 Å². The lowest BCUT2D eigenvalue weighted by Crippen LogP contribution is -2.02. The summed E-state index contributed by atoms with van der Waals surface area (Å²) in [5.74, 6) is 0. The number of rotatable bonds is 1. The lowest BCUT2D eigenvalue weighted by molar-refractivity contribution is 0.562. The van der Waals surface area contributed by atoms with E-state index >= 15 is 0 Å². The highest BCUT2D eigenvalue weighted by molar-refractivity contribution is 7.80. The molecule has 3 rings (SSSR count). The Labute approximate surface area is 109 Å². The third-order valence-corrected chi connectivity index (χ3v) is 3.08. The smallest absolute Gasteiger partial charge is 0.344 e. The minimum Gasteiger partial charge on any atom is -0.422 e. The van der Waals surface area contributed by atoms with E-state index < -0.39 is 0 Å². The molecular formula is C15H10O2S. The second kappa shape index (κ2) is 4.35. The van der Waals surface area contributed by atoms with Crippen molar-refractivity contribution in [1.29, 1.82) is 0 Å². The third kappa shape index (κ3) is 1.93. The van der Waals surface area contributed by atoms with Crippen LogP contribution < -0.4 is 5.63 Å². The molecule has 18 heavy (non-hydrogen) atoms. The fourth-order valence-electron chi connectivity index (χ4n) is 1.92. The molecule has 0 N–H and O–H groups in total. The van der Waals surface area contributed by atoms with Crippen LogP contribution in [0.4, 0.5) is 0 Å². The summed E-state index contributed by atoms with van der Waals surface area (Å²) >= 11 is 4.23. The third-order valence-electron chi connectivity index (χ3n) is 2.80. The first kappa shape index (κ1) is 11.1. The van der Waals surface area contributed by atoms with Crippen LogP contribution in [-0.4, -0.2) is 0 Å². The molecule has 1 heterocycles. The van der Waals surface area contributed by atoms with Crippen molar-refractivity contribution in [1.82, 2.24) is 0 Å². The lowest BCUT2D eigenvalue weighted by Gasteiger charge is -2.02. The second-order valence-corrected chi connectivity index (χ2v) is 4.55. The maximum Gasteiger partial charge on any atom is 0.344 e. The summed E-state index contributed by atoms with van der Waals surface area (Å²) in [6.45, 7) is 0. The van der Waals surface area contributed by atoms with Crippen molar-refractivity contribution in [3.63, 3.8) is 0 Å². The van der Waals surface area contributed by atoms with Gasteiger partial charge in [-0.05, 0) is 23.8 Å². The van der Waals surface area contributed by atoms with Crippen molar-refractivity contribution >= 4 is 23.6 Å². The predicted molar refractivity (Wildman–Crippen MR) is 75.2 cm³/mol. The molecule has 0 aliphatic heterocycles. The second-order valence-electron chi connectivity index (χ2n) is 4.04. The highest BCUT2D eigenvalue weighted by atomic mass is 32.1. The summed E-state index contributed by atoms with van der Waals surface area (Å²) in [5, 5.41) is 0.895. The van der Waals surface area contributed by atoms with Crippen LogP contribution in [-0.2, 0) is 0 Å². The average Bonchev–Trinajstić information content (AvgIpc) is 2.39. The molecule has 0 fully saturated rings. The Morgan fingerprint density at radius 2 is 1.72 bits per heavy atom. The topological polar surface area (TPSA) is 30.2 Å². The monoisotopic (exact) mass is 254 g/mol. The minimum absolute atomic E-state index is 0.326. The maximum absolute atomic E-state index is 12.0. The van der Waals surface area contributed by atoms with E-state index in [1.807, 2.05) is 48.5 Å². The van der Waals surface area contributed by atoms with Gasteiger partial charge in [0, 0.05) is 10.3 Å². The molecule has 0 unspecified atom stereocenters. The normalized spacial score (nSPS) is 10.7. The molecule has 0 radical (unpaired) electrons. The first-order valence-electron chi connectivity index (χ1n) is 5.56. The summed E-state index contributed by atoms with van der Waals surface area (Å²) in [4.78, 5) is 12.7. The van der Waals surface area contributed by atoms with Crippen LogP contribution in [0, 0.1) is 0 Å². The summed E-state index contributed by atoms with van der Waals surface area (Å²) < 4.78 is 5.32. The zero-order valence-electron chi connectivity index (χ0n) is 9.46. The van der Waals surface area contributed by atoms with E-state index in [0.717, 1.165) is 15.8 Å². The quantitative estimate of drug-likeness (QED) is 0.529. The predicted octanol–water partition coefficient (Wildman–Crippen LogP) is 3.75. The standard InChI is InChI=1S/C15H10O2S/c16-15-13(10-4-2-1-3-5-10)8-11-6-7-12(18)9-14(11)17-15/h1-9,18H. The van der Waals surface area contributed by atoms with Crippen molar-refractivity contribution in [3.05, 3.63) is 65.0 Å². The van der Waals surface area contributed by atoms with Crippen LogP contribution in [0.2, 0.25) is 0 Å². The van der Waals surface area contributed by atoms with Crippen molar-refractivity contribution in [3.8, 4) is 11.1 Å². The average molecular weight is 254 g/mol. The van der Waals surface area contributed by atoms with Crippen LogP contribution in [0.15, 0.2) is 68.7 Å². The van der Waals surface area contributed by atoms with Gasteiger partial charge in [0.1, 0.15) is 5.58 Å². The van der Waals surface area contributed by atoms with Gasteiger partial charge in [-0.1, -0.05) is 36.4 Å². The van der Waals surface area contributed by atoms with Crippen LogP contribution in [0.25, 0.3) is 22.1 Å². The molecule has 0 saturated heterocycles. The lowest BCUT2D eigenvalue weighted by atomic mass is 10.1. The zero-order chi connectivity index (χ0) is 12.5. The molecule has 2 nitrogen and oxygen atoms in total. The van der Waals surface area contributed by atoms with E-state index in [-0.39, 0.29) is 5.63 Å². The summed E-state index contributed by atoms with van der Waals surface area (Å²) in [7, 11) is 0. The van der Waals surface area contributed by atoms with Crippen LogP contribution in [0.3, 0.4) is 0 Å². The van der Waals surface area contributed by atoms with Crippen molar-refractivity contribution in [2.45, 2.75) is 4.90 Å². The van der Waals surface area contributed by atoms with Crippen LogP contribution >= 0.6 is 12.6 Å². The summed E-state index contributed by atoms with van der Waals surface area (Å²) in [6, 6.07) is 16.9. The summed E-state index contributed by atoms with van der Waals surface area (Å²) in [5.41, 5.74) is 1.68. The van der Waals surface area contributed by atoms with E-state index in [4.69, 9.17) is 4.42 Å². The Kier molecular flexibility index (Phi) is 2.68. The number of hydrogen-bond donors (Lipinski definition) is 1. The molecule has 1 aromatic heterocycles. The van der Waals surface area contributed by atoms with Gasteiger partial charge in [0.05, 0.1) is 5.56 Å². The van der Waals surface area contributed by atoms with Crippen LogP contribution in [0.1, 0.15) is 0 Å². The van der Waals surface area contributed by atoms with Gasteiger partial charge in [-0.2, -0.15) is 0 Å². The largest absolute Gasteiger partial charge is 0.422 e. The first-order chi connectivity index (χ1) is 8.74. The van der Waals surface area contributed by atoms with Gasteiger partial charge < -0.3 is 4.42 Å². The highest BCUT2D eigenvalue weighted by Crippen LogP contribution is 2.22. The van der Waals surface area contributed by atoms with Gasteiger partial charge >= 0.3 is 5.63 Å². The van der Waals surface area contributed by atoms with Gasteiger partial charge in [-0.15, -0.1) is 12.6 Å². The van der Waals surface area contributed by atoms with E-state index in [9.17, 15) is 4.79 Å². The number of fused-ring (bicyclic) bond motifs is 1. The molecular weight excluding hydrogens is 244 g/mol. The molecule has 3 aromatic rings. The SMILES string of the molecule is O=c1oc2cc(S)ccc2cc1-c1ccccc1. The van der Waals surface area contributed by atoms with Gasteiger partial charge in [-0.3, -0.25) is 0 Å². The Morgan fingerprint density at radius 1 is 0.944 bits per heavy atom. The fraction of sp³-hybridized carbons (Fsp3) is 0. The molecule has 88 valence electrons. The molecule has 0 amide bonds. The Morgan fingerprint density at radius 3 is 2.50 bits per heavy atom. The Bertz CT molecular complexity index is 760. The molecule has 0 spiro atoms. The molecule has 0 saturated carbocycles. The van der Waals surface area contributed by atoms with E-state index in [1.54, 1.807) is 6.07 Å². The Balaban J connectivity index is 2.29. The van der Waals surface area contributed by atoms with E-state index in [1.165, 1.54) is 0 Å². The van der Waals surface area contributed by atoms with Gasteiger partial charge in [0.25, 0.3) is 0 Å². The number of hydrogen-bond acceptors (Lipinski definition) is 3. The van der Waals surface area contributed by atoms with Gasteiger partial charge in [0.2, 0.25) is 0 Å². The highest BCUT2D eigenvalue weighted by Gasteiger charge is 2.07. The molecule has 3 heteroatoms. The molecule has 0 bridgehead atoms. The molecule has 2 aromatic carbocycles. The van der Waals surface area contributed by atoms with Gasteiger partial charge in [-0.25, -0.2) is 4.79 Å². The molecule has 0 aliphatic carbocycles. The summed E-state index contributed by atoms with van der Waals surface area (Å²) in [6.07, 6.45) is 0. The number of thiol groups is 1. The first-order valence-corrected chi connectivity index (χ1v) is 6.01. The van der Waals surface area contributed by atoms with Crippen LogP contribution in [0.5, 0.6) is 0 Å². The van der Waals surface area contributed by atoms with E-state index in [0.29, 0.717) is 11.1 Å². The Hall–Kier alpha value is -2.00. The minimum atomic E-state index is -0.326. The number of benzene rings is 2. The van der Waals surface area contributed by atoms with Crippen molar-refractivity contribution in [2.24, 2.45) is 0 Å². The maximum atomic E-state index is 12.0. The van der Waals surface area contributed by atoms with E-state index in [2.05, 4.69) is 12.6 Å². The zero-order valence-corrected chi connectivity index (χ0v) is 10.4. The fourth-order valence-corrected chi connectivity index (χ4v) is 2.11. The molecule has 0 atom stereocenters.